The fraction of sp³-hybridized carbons (Fsp3) is 0.182. The Balaban J connectivity index is 1.45. The highest BCUT2D eigenvalue weighted by atomic mass is 16.5. The number of ketones is 1. The topological polar surface area (TPSA) is 64.8 Å². The molecule has 6 heteroatoms. The molecule has 28 heavy (non-hydrogen) atoms. The Bertz CT molecular complexity index is 1070. The zero-order chi connectivity index (χ0) is 19.1. The maximum Gasteiger partial charge on any atom is 0.231 e. The number of hydrogen-bond acceptors (Lipinski definition) is 6. The van der Waals surface area contributed by atoms with Crippen molar-refractivity contribution in [3.8, 4) is 11.5 Å². The van der Waals surface area contributed by atoms with Crippen molar-refractivity contribution in [2.45, 2.75) is 20.0 Å². The van der Waals surface area contributed by atoms with Crippen LogP contribution in [0.25, 0.3) is 6.08 Å². The highest BCUT2D eigenvalue weighted by molar-refractivity contribution is 6.15. The standard InChI is InChI=1S/C22H18N2O4/c1-14-21-16(11-24(13-27-21)12-17-5-3-7-26-17)9-18-20(25)19(28-22(14)18)8-15-4-2-6-23-10-15/h2-10H,11-13H2,1H3/b19-8-. The molecule has 6 nitrogen and oxygen atoms in total. The summed E-state index contributed by atoms with van der Waals surface area (Å²) in [6, 6.07) is 9.41. The van der Waals surface area contributed by atoms with Gasteiger partial charge in [0.05, 0.1) is 18.4 Å². The van der Waals surface area contributed by atoms with Gasteiger partial charge < -0.3 is 13.9 Å². The Hall–Kier alpha value is -3.38. The van der Waals surface area contributed by atoms with Crippen LogP contribution in [0.3, 0.4) is 0 Å². The van der Waals surface area contributed by atoms with Gasteiger partial charge >= 0.3 is 0 Å². The molecule has 4 heterocycles. The molecule has 0 fully saturated rings. The van der Waals surface area contributed by atoms with E-state index in [1.54, 1.807) is 24.7 Å². The van der Waals surface area contributed by atoms with Gasteiger partial charge in [0.1, 0.15) is 24.0 Å². The van der Waals surface area contributed by atoms with Crippen molar-refractivity contribution in [1.82, 2.24) is 9.88 Å². The van der Waals surface area contributed by atoms with Crippen LogP contribution in [0.15, 0.2) is 59.2 Å². The monoisotopic (exact) mass is 374 g/mol. The Morgan fingerprint density at radius 2 is 2.18 bits per heavy atom. The predicted molar refractivity (Wildman–Crippen MR) is 102 cm³/mol. The van der Waals surface area contributed by atoms with Gasteiger partial charge in [0.15, 0.2) is 5.76 Å². The van der Waals surface area contributed by atoms with E-state index in [4.69, 9.17) is 13.9 Å². The molecule has 1 aromatic carbocycles. The highest BCUT2D eigenvalue weighted by Crippen LogP contribution is 2.43. The van der Waals surface area contributed by atoms with Gasteiger partial charge in [-0.05, 0) is 42.8 Å². The minimum absolute atomic E-state index is 0.118. The quantitative estimate of drug-likeness (QED) is 0.647. The van der Waals surface area contributed by atoms with E-state index in [9.17, 15) is 4.79 Å². The normalized spacial score (nSPS) is 17.2. The van der Waals surface area contributed by atoms with Crippen LogP contribution in [0.5, 0.6) is 11.5 Å². The minimum Gasteiger partial charge on any atom is -0.477 e. The van der Waals surface area contributed by atoms with Crippen LogP contribution in [0.2, 0.25) is 0 Å². The van der Waals surface area contributed by atoms with E-state index in [0.29, 0.717) is 36.9 Å². The SMILES string of the molecule is Cc1c2c(cc3c1O/C(=C\c1cccnc1)C3=O)CN(Cc1ccco1)CO2. The average Bonchev–Trinajstić information content (AvgIpc) is 3.32. The number of pyridine rings is 1. The van der Waals surface area contributed by atoms with Crippen molar-refractivity contribution in [3.63, 3.8) is 0 Å². The summed E-state index contributed by atoms with van der Waals surface area (Å²) in [5.41, 5.74) is 3.23. The first-order valence-corrected chi connectivity index (χ1v) is 9.07. The van der Waals surface area contributed by atoms with Crippen LogP contribution >= 0.6 is 0 Å². The van der Waals surface area contributed by atoms with Gasteiger partial charge in [-0.25, -0.2) is 0 Å². The molecule has 0 spiro atoms. The summed E-state index contributed by atoms with van der Waals surface area (Å²) in [5.74, 6) is 2.45. The lowest BCUT2D eigenvalue weighted by atomic mass is 10.00. The zero-order valence-electron chi connectivity index (χ0n) is 15.3. The molecule has 3 aromatic rings. The lowest BCUT2D eigenvalue weighted by molar-refractivity contribution is 0.0813. The Kier molecular flexibility index (Phi) is 3.98. The van der Waals surface area contributed by atoms with Crippen LogP contribution in [0.1, 0.15) is 32.8 Å². The van der Waals surface area contributed by atoms with Crippen LogP contribution < -0.4 is 9.47 Å². The number of hydrogen-bond donors (Lipinski definition) is 0. The van der Waals surface area contributed by atoms with Gasteiger partial charge in [-0.3, -0.25) is 14.7 Å². The number of rotatable bonds is 3. The second-order valence-electron chi connectivity index (χ2n) is 6.93. The van der Waals surface area contributed by atoms with Crippen molar-refractivity contribution >= 4 is 11.9 Å². The third kappa shape index (κ3) is 2.88. The maximum absolute atomic E-state index is 12.9. The maximum atomic E-state index is 12.9. The fourth-order valence-electron chi connectivity index (χ4n) is 3.63. The number of aromatic nitrogens is 1. The van der Waals surface area contributed by atoms with Crippen LogP contribution in [-0.4, -0.2) is 22.4 Å². The van der Waals surface area contributed by atoms with Gasteiger partial charge in [-0.1, -0.05) is 6.07 Å². The van der Waals surface area contributed by atoms with Gasteiger partial charge in [-0.2, -0.15) is 0 Å². The lowest BCUT2D eigenvalue weighted by Gasteiger charge is -2.29. The van der Waals surface area contributed by atoms with Crippen LogP contribution in [0.4, 0.5) is 0 Å². The molecule has 0 saturated heterocycles. The first-order valence-electron chi connectivity index (χ1n) is 9.07. The van der Waals surface area contributed by atoms with E-state index in [2.05, 4.69) is 9.88 Å². The Morgan fingerprint density at radius 1 is 1.25 bits per heavy atom. The van der Waals surface area contributed by atoms with Gasteiger partial charge in [0, 0.05) is 30.1 Å². The van der Waals surface area contributed by atoms with Crippen molar-refractivity contribution < 1.29 is 18.7 Å². The summed E-state index contributed by atoms with van der Waals surface area (Å²) in [6.07, 6.45) is 6.77. The number of benzene rings is 1. The van der Waals surface area contributed by atoms with E-state index in [0.717, 1.165) is 28.2 Å². The van der Waals surface area contributed by atoms with E-state index >= 15 is 0 Å². The summed E-state index contributed by atoms with van der Waals surface area (Å²) >= 11 is 0. The zero-order valence-corrected chi connectivity index (χ0v) is 15.3. The average molecular weight is 374 g/mol. The van der Waals surface area contributed by atoms with Crippen molar-refractivity contribution in [1.29, 1.82) is 0 Å². The second-order valence-corrected chi connectivity index (χ2v) is 6.93. The molecule has 2 aliphatic rings. The molecule has 2 aromatic heterocycles. The fourth-order valence-corrected chi connectivity index (χ4v) is 3.63. The largest absolute Gasteiger partial charge is 0.477 e. The third-order valence-corrected chi connectivity index (χ3v) is 4.94. The number of nitrogens with zero attached hydrogens (tertiary/aromatic N) is 2. The van der Waals surface area contributed by atoms with Gasteiger partial charge in [-0.15, -0.1) is 0 Å². The molecule has 0 unspecified atom stereocenters. The van der Waals surface area contributed by atoms with E-state index in [1.165, 1.54) is 0 Å². The summed E-state index contributed by atoms with van der Waals surface area (Å²) in [7, 11) is 0. The first-order chi connectivity index (χ1) is 13.7. The summed E-state index contributed by atoms with van der Waals surface area (Å²) in [4.78, 5) is 19.1. The smallest absolute Gasteiger partial charge is 0.231 e. The number of carbonyl (C=O) groups is 1. The van der Waals surface area contributed by atoms with Gasteiger partial charge in [0.2, 0.25) is 5.78 Å². The molecule has 0 bridgehead atoms. The molecule has 0 radical (unpaired) electrons. The van der Waals surface area contributed by atoms with E-state index in [1.807, 2.05) is 37.3 Å². The molecule has 2 aliphatic heterocycles. The molecule has 0 aliphatic carbocycles. The summed E-state index contributed by atoms with van der Waals surface area (Å²) < 4.78 is 17.3. The van der Waals surface area contributed by atoms with Crippen LogP contribution in [-0.2, 0) is 13.1 Å². The Labute approximate surface area is 162 Å². The Morgan fingerprint density at radius 3 is 2.96 bits per heavy atom. The molecular formula is C22H18N2O4. The van der Waals surface area contributed by atoms with Crippen molar-refractivity contribution in [2.24, 2.45) is 0 Å². The van der Waals surface area contributed by atoms with Gasteiger partial charge in [0.25, 0.3) is 0 Å². The first kappa shape index (κ1) is 16.8. The lowest BCUT2D eigenvalue weighted by Crippen LogP contribution is -2.31. The summed E-state index contributed by atoms with van der Waals surface area (Å²) in [6.45, 7) is 3.72. The molecule has 0 atom stereocenters. The second kappa shape index (κ2) is 6.65. The molecule has 0 N–H and O–H groups in total. The molecule has 140 valence electrons. The molecule has 0 saturated carbocycles. The molecular weight excluding hydrogens is 356 g/mol. The van der Waals surface area contributed by atoms with Crippen molar-refractivity contribution in [2.75, 3.05) is 6.73 Å². The number of carbonyl (C=O) groups excluding carboxylic acids is 1. The van der Waals surface area contributed by atoms with Crippen LogP contribution in [0, 0.1) is 6.92 Å². The molecule has 5 rings (SSSR count). The molecule has 0 amide bonds. The van der Waals surface area contributed by atoms with E-state index in [-0.39, 0.29) is 5.78 Å². The number of furan rings is 1. The highest BCUT2D eigenvalue weighted by Gasteiger charge is 2.33. The number of Topliss-reactive ketones (excluding diaryl/α,β-unsaturated/α-hetero) is 1. The number of allylic oxidation sites excluding steroid dienone is 1. The van der Waals surface area contributed by atoms with E-state index < -0.39 is 0 Å². The summed E-state index contributed by atoms with van der Waals surface area (Å²) in [5, 5.41) is 0. The third-order valence-electron chi connectivity index (χ3n) is 4.94. The number of ether oxygens (including phenoxy) is 2. The predicted octanol–water partition coefficient (Wildman–Crippen LogP) is 3.95. The van der Waals surface area contributed by atoms with Crippen molar-refractivity contribution in [3.05, 3.63) is 82.8 Å². The number of fused-ring (bicyclic) bond motifs is 2. The minimum atomic E-state index is -0.118.